The molecule has 1 aromatic heterocycles. The Bertz CT molecular complexity index is 992. The maximum atomic E-state index is 12.6. The van der Waals surface area contributed by atoms with Crippen LogP contribution >= 0.6 is 0 Å². The van der Waals surface area contributed by atoms with Gasteiger partial charge in [0.05, 0.1) is 83.3 Å². The highest BCUT2D eigenvalue weighted by molar-refractivity contribution is 5.79. The van der Waals surface area contributed by atoms with Gasteiger partial charge in [-0.2, -0.15) is 0 Å². The molecular weight excluding hydrogens is 512 g/mol. The lowest BCUT2D eigenvalue weighted by Gasteiger charge is -2.40. The van der Waals surface area contributed by atoms with Gasteiger partial charge >= 0.3 is 0 Å². The molecule has 1 amide bonds. The summed E-state index contributed by atoms with van der Waals surface area (Å²) in [4.78, 5) is 12.6. The molecule has 1 aliphatic carbocycles. The predicted molar refractivity (Wildman–Crippen MR) is 139 cm³/mol. The van der Waals surface area contributed by atoms with Crippen molar-refractivity contribution < 1.29 is 43.4 Å². The molecule has 13 nitrogen and oxygen atoms in total. The standard InChI is InChI=1S/C26H40N4O9/c1-34-21-7-5-4-6-18(21)20-17-28-29-30(20)9-11-38-13-15-39-14-12-37-10-8-27-26(33)19-16-22(35-2)23(31)24(32)25(19)36-3/h4-7,17,19,22-25,31-32H,8-16H2,1-3H3,(H,27,33)/t19?,22-,23-,24-,25-/m1/s1. The molecule has 2 aromatic rings. The minimum Gasteiger partial charge on any atom is -0.496 e. The second-order valence-electron chi connectivity index (χ2n) is 8.97. The molecule has 1 heterocycles. The summed E-state index contributed by atoms with van der Waals surface area (Å²) in [5.74, 6) is -0.170. The molecule has 218 valence electrons. The molecule has 39 heavy (non-hydrogen) atoms. The number of carbonyl (C=O) groups excluding carboxylic acids is 1. The van der Waals surface area contributed by atoms with Crippen LogP contribution in [-0.2, 0) is 35.0 Å². The second-order valence-corrected chi connectivity index (χ2v) is 8.97. The van der Waals surface area contributed by atoms with Crippen LogP contribution in [0.2, 0.25) is 0 Å². The molecule has 0 bridgehead atoms. The average molecular weight is 553 g/mol. The number of methoxy groups -OCH3 is 3. The summed E-state index contributed by atoms with van der Waals surface area (Å²) in [7, 11) is 4.47. The van der Waals surface area contributed by atoms with E-state index < -0.39 is 30.3 Å². The number of hydrogen-bond acceptors (Lipinski definition) is 11. The second kappa shape index (κ2) is 16.5. The molecule has 1 unspecified atom stereocenters. The van der Waals surface area contributed by atoms with Crippen molar-refractivity contribution in [2.45, 2.75) is 37.4 Å². The summed E-state index contributed by atoms with van der Waals surface area (Å²) in [5, 5.41) is 31.2. The van der Waals surface area contributed by atoms with Crippen molar-refractivity contribution in [2.24, 2.45) is 5.92 Å². The van der Waals surface area contributed by atoms with E-state index in [4.69, 9.17) is 28.4 Å². The number of ether oxygens (including phenoxy) is 6. The number of nitrogens with one attached hydrogen (secondary N) is 1. The Kier molecular flexibility index (Phi) is 13.0. The molecule has 13 heteroatoms. The summed E-state index contributed by atoms with van der Waals surface area (Å²) >= 11 is 0. The molecule has 1 fully saturated rings. The maximum absolute atomic E-state index is 12.6. The van der Waals surface area contributed by atoms with E-state index in [1.165, 1.54) is 14.2 Å². The van der Waals surface area contributed by atoms with Crippen LogP contribution in [0, 0.1) is 5.92 Å². The van der Waals surface area contributed by atoms with E-state index >= 15 is 0 Å². The monoisotopic (exact) mass is 552 g/mol. The number of aromatic nitrogens is 3. The van der Waals surface area contributed by atoms with Crippen LogP contribution in [0.15, 0.2) is 30.5 Å². The zero-order chi connectivity index (χ0) is 28.0. The number of benzene rings is 1. The minimum atomic E-state index is -1.21. The first-order chi connectivity index (χ1) is 19.0. The molecule has 0 saturated heterocycles. The summed E-state index contributed by atoms with van der Waals surface area (Å²) < 4.78 is 34.3. The number of para-hydroxylation sites is 1. The lowest BCUT2D eigenvalue weighted by atomic mass is 9.80. The molecule has 1 saturated carbocycles. The number of amides is 1. The zero-order valence-electron chi connectivity index (χ0n) is 22.7. The van der Waals surface area contributed by atoms with Crippen molar-refractivity contribution in [2.75, 3.05) is 67.5 Å². The summed E-state index contributed by atoms with van der Waals surface area (Å²) in [6.45, 7) is 3.22. The van der Waals surface area contributed by atoms with Crippen LogP contribution in [0.5, 0.6) is 5.75 Å². The number of aliphatic hydroxyl groups is 2. The highest BCUT2D eigenvalue weighted by Gasteiger charge is 2.46. The topological polar surface area (TPSA) is 156 Å². The summed E-state index contributed by atoms with van der Waals surface area (Å²) in [6, 6.07) is 7.70. The van der Waals surface area contributed by atoms with E-state index in [2.05, 4.69) is 15.6 Å². The van der Waals surface area contributed by atoms with Crippen LogP contribution in [0.25, 0.3) is 11.3 Å². The van der Waals surface area contributed by atoms with Crippen molar-refractivity contribution in [3.8, 4) is 17.0 Å². The third kappa shape index (κ3) is 8.67. The predicted octanol–water partition coefficient (Wildman–Crippen LogP) is -0.109. The molecule has 1 aromatic carbocycles. The Morgan fingerprint density at radius 3 is 2.36 bits per heavy atom. The Hall–Kier alpha value is -2.65. The number of nitrogens with zero attached hydrogens (tertiary/aromatic N) is 3. The largest absolute Gasteiger partial charge is 0.496 e. The fourth-order valence-corrected chi connectivity index (χ4v) is 4.53. The molecule has 0 spiro atoms. The zero-order valence-corrected chi connectivity index (χ0v) is 22.7. The third-order valence-electron chi connectivity index (χ3n) is 6.60. The smallest absolute Gasteiger partial charge is 0.226 e. The normalized spacial score (nSPS) is 23.1. The molecule has 0 aliphatic heterocycles. The summed E-state index contributed by atoms with van der Waals surface area (Å²) in [5.41, 5.74) is 1.77. The Morgan fingerprint density at radius 1 is 0.974 bits per heavy atom. The van der Waals surface area contributed by atoms with Gasteiger partial charge in [-0.15, -0.1) is 5.10 Å². The van der Waals surface area contributed by atoms with E-state index in [9.17, 15) is 15.0 Å². The van der Waals surface area contributed by atoms with Gasteiger partial charge in [0.1, 0.15) is 18.0 Å². The van der Waals surface area contributed by atoms with Crippen molar-refractivity contribution in [3.63, 3.8) is 0 Å². The van der Waals surface area contributed by atoms with Crippen LogP contribution in [0.3, 0.4) is 0 Å². The maximum Gasteiger partial charge on any atom is 0.226 e. The van der Waals surface area contributed by atoms with E-state index in [1.54, 1.807) is 18.0 Å². The van der Waals surface area contributed by atoms with Gasteiger partial charge in [-0.25, -0.2) is 4.68 Å². The fraction of sp³-hybridized carbons (Fsp3) is 0.654. The number of aliphatic hydroxyl groups excluding tert-OH is 2. The van der Waals surface area contributed by atoms with Gasteiger partial charge in [0.25, 0.3) is 0 Å². The minimum absolute atomic E-state index is 0.248. The number of carbonyl (C=O) groups is 1. The Balaban J connectivity index is 1.22. The van der Waals surface area contributed by atoms with Gasteiger partial charge in [0, 0.05) is 26.3 Å². The van der Waals surface area contributed by atoms with Crippen molar-refractivity contribution in [3.05, 3.63) is 30.5 Å². The van der Waals surface area contributed by atoms with Crippen molar-refractivity contribution in [1.82, 2.24) is 20.3 Å². The van der Waals surface area contributed by atoms with Gasteiger partial charge in [-0.05, 0) is 18.6 Å². The van der Waals surface area contributed by atoms with Gasteiger partial charge in [-0.3, -0.25) is 4.79 Å². The summed E-state index contributed by atoms with van der Waals surface area (Å²) in [6.07, 6.45) is -1.82. The molecular formula is C26H40N4O9. The number of rotatable bonds is 17. The van der Waals surface area contributed by atoms with Crippen LogP contribution < -0.4 is 10.1 Å². The average Bonchev–Trinajstić information content (AvgIpc) is 3.43. The first-order valence-corrected chi connectivity index (χ1v) is 13.0. The van der Waals surface area contributed by atoms with Gasteiger partial charge in [-0.1, -0.05) is 17.3 Å². The van der Waals surface area contributed by atoms with E-state index in [-0.39, 0.29) is 12.3 Å². The van der Waals surface area contributed by atoms with Crippen LogP contribution in [0.1, 0.15) is 6.42 Å². The molecule has 3 rings (SSSR count). The lowest BCUT2D eigenvalue weighted by Crippen LogP contribution is -2.58. The molecule has 3 N–H and O–H groups in total. The van der Waals surface area contributed by atoms with Gasteiger partial charge in [0.15, 0.2) is 0 Å². The first kappa shape index (κ1) is 30.9. The van der Waals surface area contributed by atoms with Crippen molar-refractivity contribution >= 4 is 5.91 Å². The molecule has 5 atom stereocenters. The third-order valence-corrected chi connectivity index (χ3v) is 6.60. The van der Waals surface area contributed by atoms with Crippen LogP contribution in [-0.4, -0.2) is 123 Å². The SMILES string of the molecule is COc1ccccc1-c1cnnn1CCOCCOCCOCCNC(=O)C1C[C@@H](OC)[C@@H](O)[C@@H](O)[C@@H]1OC. The Labute approximate surface area is 228 Å². The molecule has 1 aliphatic rings. The highest BCUT2D eigenvalue weighted by Crippen LogP contribution is 2.30. The van der Waals surface area contributed by atoms with Gasteiger partial charge < -0.3 is 44.0 Å². The Morgan fingerprint density at radius 2 is 1.67 bits per heavy atom. The fourth-order valence-electron chi connectivity index (χ4n) is 4.53. The van der Waals surface area contributed by atoms with E-state index in [0.29, 0.717) is 52.7 Å². The first-order valence-electron chi connectivity index (χ1n) is 13.0. The highest BCUT2D eigenvalue weighted by atomic mass is 16.5. The molecule has 0 radical (unpaired) electrons. The van der Waals surface area contributed by atoms with Gasteiger partial charge in [0.2, 0.25) is 5.91 Å². The van der Waals surface area contributed by atoms with E-state index in [0.717, 1.165) is 17.0 Å². The van der Waals surface area contributed by atoms with E-state index in [1.807, 2.05) is 24.3 Å². The van der Waals surface area contributed by atoms with Crippen molar-refractivity contribution in [1.29, 1.82) is 0 Å². The quantitative estimate of drug-likeness (QED) is 0.225. The lowest BCUT2D eigenvalue weighted by molar-refractivity contribution is -0.180. The van der Waals surface area contributed by atoms with Crippen LogP contribution in [0.4, 0.5) is 0 Å². The number of hydrogen-bond donors (Lipinski definition) is 3.